The third-order valence-electron chi connectivity index (χ3n) is 4.11. The quantitative estimate of drug-likeness (QED) is 0.202. The summed E-state index contributed by atoms with van der Waals surface area (Å²) in [6.45, 7) is 0. The van der Waals surface area contributed by atoms with Gasteiger partial charge in [0, 0.05) is 11.1 Å². The van der Waals surface area contributed by atoms with E-state index in [1.807, 2.05) is 36.4 Å². The molecule has 0 saturated carbocycles. The van der Waals surface area contributed by atoms with E-state index in [9.17, 15) is 9.59 Å². The van der Waals surface area contributed by atoms with E-state index in [1.165, 1.54) is 22.7 Å². The molecule has 0 bridgehead atoms. The summed E-state index contributed by atoms with van der Waals surface area (Å²) in [4.78, 5) is 26.4. The molecule has 4 aromatic rings. The summed E-state index contributed by atoms with van der Waals surface area (Å²) in [5, 5.41) is 3.61. The van der Waals surface area contributed by atoms with E-state index in [0.717, 1.165) is 0 Å². The number of rotatable bonds is 6. The van der Waals surface area contributed by atoms with Crippen LogP contribution in [0.2, 0.25) is 0 Å². The molecule has 0 saturated heterocycles. The molecule has 2 aromatic heterocycles. The van der Waals surface area contributed by atoms with Gasteiger partial charge in [0.05, 0.1) is 0 Å². The van der Waals surface area contributed by atoms with Gasteiger partial charge in [-0.2, -0.15) is 0 Å². The zero-order chi connectivity index (χ0) is 20.8. The lowest BCUT2D eigenvalue weighted by atomic mass is 10.1. The maximum absolute atomic E-state index is 12.8. The number of esters is 2. The summed E-state index contributed by atoms with van der Waals surface area (Å²) in [6.07, 6.45) is 0. The number of ether oxygens (including phenoxy) is 2. The molecule has 4 rings (SSSR count). The Hall–Kier alpha value is -3.48. The molecule has 4 nitrogen and oxygen atoms in total. The highest BCUT2D eigenvalue weighted by Gasteiger charge is 2.23. The van der Waals surface area contributed by atoms with Gasteiger partial charge in [-0.05, 0) is 22.9 Å². The summed E-state index contributed by atoms with van der Waals surface area (Å²) in [7, 11) is 0. The maximum Gasteiger partial charge on any atom is 0.353 e. The van der Waals surface area contributed by atoms with Crippen LogP contribution in [0.3, 0.4) is 0 Å². The Balaban J connectivity index is 1.83. The summed E-state index contributed by atoms with van der Waals surface area (Å²) in [5.74, 6) is -0.649. The second kappa shape index (κ2) is 9.35. The van der Waals surface area contributed by atoms with Gasteiger partial charge in [0.25, 0.3) is 0 Å². The van der Waals surface area contributed by atoms with E-state index >= 15 is 0 Å². The molecule has 0 radical (unpaired) electrons. The standard InChI is InChI=1S/C24H16O4S2/c25-23(19-13-7-15-29-19)27-21(17-9-3-1-4-10-17)22(18-11-5-2-6-12-18)28-24(26)20-14-8-16-30-20/h1-16H. The van der Waals surface area contributed by atoms with Crippen LogP contribution >= 0.6 is 22.7 Å². The maximum atomic E-state index is 12.8. The Labute approximate surface area is 181 Å². The van der Waals surface area contributed by atoms with Crippen LogP contribution in [-0.4, -0.2) is 11.9 Å². The SMILES string of the molecule is O=C(OC(=C(OC(=O)c1cccs1)c1ccccc1)c1ccccc1)c1cccs1. The van der Waals surface area contributed by atoms with Crippen LogP contribution in [0, 0.1) is 0 Å². The zero-order valence-corrected chi connectivity index (χ0v) is 17.3. The van der Waals surface area contributed by atoms with Gasteiger partial charge in [0.2, 0.25) is 0 Å². The topological polar surface area (TPSA) is 52.6 Å². The Kier molecular flexibility index (Phi) is 6.17. The Morgan fingerprint density at radius 2 is 0.933 bits per heavy atom. The fraction of sp³-hybridized carbons (Fsp3) is 0. The molecule has 0 aliphatic rings. The van der Waals surface area contributed by atoms with Crippen LogP contribution in [0.5, 0.6) is 0 Å². The molecule has 0 N–H and O–H groups in total. The van der Waals surface area contributed by atoms with Crippen molar-refractivity contribution in [2.45, 2.75) is 0 Å². The van der Waals surface area contributed by atoms with Crippen LogP contribution in [0.25, 0.3) is 11.5 Å². The molecule has 0 fully saturated rings. The predicted molar refractivity (Wildman–Crippen MR) is 119 cm³/mol. The normalized spacial score (nSPS) is 11.5. The highest BCUT2D eigenvalue weighted by Crippen LogP contribution is 2.31. The predicted octanol–water partition coefficient (Wildman–Crippen LogP) is 6.35. The number of hydrogen-bond donors (Lipinski definition) is 0. The monoisotopic (exact) mass is 432 g/mol. The van der Waals surface area contributed by atoms with E-state index < -0.39 is 11.9 Å². The lowest BCUT2D eigenvalue weighted by molar-refractivity contribution is 0.0652. The first-order valence-electron chi connectivity index (χ1n) is 9.09. The summed E-state index contributed by atoms with van der Waals surface area (Å²) >= 11 is 2.57. The van der Waals surface area contributed by atoms with Crippen molar-refractivity contribution in [1.29, 1.82) is 0 Å². The molecule has 0 aliphatic carbocycles. The largest absolute Gasteiger partial charge is 0.418 e. The Morgan fingerprint density at radius 3 is 1.27 bits per heavy atom. The first-order valence-corrected chi connectivity index (χ1v) is 10.8. The van der Waals surface area contributed by atoms with E-state index in [1.54, 1.807) is 59.3 Å². The number of carbonyl (C=O) groups excluding carboxylic acids is 2. The highest BCUT2D eigenvalue weighted by atomic mass is 32.1. The van der Waals surface area contributed by atoms with E-state index in [0.29, 0.717) is 20.9 Å². The van der Waals surface area contributed by atoms with E-state index in [-0.39, 0.29) is 11.5 Å². The second-order valence-corrected chi connectivity index (χ2v) is 8.02. The number of benzene rings is 2. The molecule has 148 valence electrons. The van der Waals surface area contributed by atoms with Gasteiger partial charge in [0.15, 0.2) is 11.5 Å². The second-order valence-electron chi connectivity index (χ2n) is 6.12. The molecule has 0 amide bonds. The fourth-order valence-electron chi connectivity index (χ4n) is 2.73. The first-order chi connectivity index (χ1) is 14.7. The van der Waals surface area contributed by atoms with Gasteiger partial charge in [-0.3, -0.25) is 0 Å². The van der Waals surface area contributed by atoms with Crippen LogP contribution in [0.4, 0.5) is 0 Å². The number of carbonyl (C=O) groups is 2. The molecular formula is C24H16O4S2. The van der Waals surface area contributed by atoms with Crippen molar-refractivity contribution in [3.63, 3.8) is 0 Å². The molecule has 30 heavy (non-hydrogen) atoms. The van der Waals surface area contributed by atoms with E-state index in [4.69, 9.17) is 9.47 Å². The molecule has 0 unspecified atom stereocenters. The lowest BCUT2D eigenvalue weighted by Gasteiger charge is -2.15. The molecule has 0 aliphatic heterocycles. The number of hydrogen-bond acceptors (Lipinski definition) is 6. The van der Waals surface area contributed by atoms with E-state index in [2.05, 4.69) is 0 Å². The van der Waals surface area contributed by atoms with Crippen molar-refractivity contribution in [3.8, 4) is 0 Å². The Bertz CT molecular complexity index is 1050. The Morgan fingerprint density at radius 1 is 0.533 bits per heavy atom. The fourth-order valence-corrected chi connectivity index (χ4v) is 3.92. The van der Waals surface area contributed by atoms with Crippen LogP contribution in [0.1, 0.15) is 30.5 Å². The third kappa shape index (κ3) is 4.56. The minimum absolute atomic E-state index is 0.185. The van der Waals surface area contributed by atoms with Crippen molar-refractivity contribution in [3.05, 3.63) is 117 Å². The molecule has 0 spiro atoms. The van der Waals surface area contributed by atoms with Crippen molar-refractivity contribution < 1.29 is 19.1 Å². The van der Waals surface area contributed by atoms with Gasteiger partial charge in [0.1, 0.15) is 9.75 Å². The average molecular weight is 433 g/mol. The van der Waals surface area contributed by atoms with Crippen LogP contribution in [-0.2, 0) is 9.47 Å². The van der Waals surface area contributed by atoms with Crippen molar-refractivity contribution in [1.82, 2.24) is 0 Å². The lowest BCUT2D eigenvalue weighted by Crippen LogP contribution is -2.09. The van der Waals surface area contributed by atoms with Crippen LogP contribution in [0.15, 0.2) is 95.7 Å². The smallest absolute Gasteiger partial charge is 0.353 e. The van der Waals surface area contributed by atoms with Crippen molar-refractivity contribution in [2.75, 3.05) is 0 Å². The summed E-state index contributed by atoms with van der Waals surface area (Å²) in [5.41, 5.74) is 1.25. The minimum Gasteiger partial charge on any atom is -0.418 e. The summed E-state index contributed by atoms with van der Waals surface area (Å²) in [6, 6.07) is 25.2. The average Bonchev–Trinajstić information content (AvgIpc) is 3.52. The van der Waals surface area contributed by atoms with Crippen molar-refractivity contribution in [2.24, 2.45) is 0 Å². The van der Waals surface area contributed by atoms with Gasteiger partial charge < -0.3 is 9.47 Å². The summed E-state index contributed by atoms with van der Waals surface area (Å²) < 4.78 is 11.6. The van der Waals surface area contributed by atoms with Crippen molar-refractivity contribution >= 4 is 46.1 Å². The zero-order valence-electron chi connectivity index (χ0n) is 15.7. The molecule has 6 heteroatoms. The third-order valence-corrected chi connectivity index (χ3v) is 5.81. The van der Waals surface area contributed by atoms with Gasteiger partial charge >= 0.3 is 11.9 Å². The first kappa shape index (κ1) is 19.8. The van der Waals surface area contributed by atoms with Gasteiger partial charge in [-0.15, -0.1) is 22.7 Å². The highest BCUT2D eigenvalue weighted by molar-refractivity contribution is 7.12. The molecule has 2 heterocycles. The van der Waals surface area contributed by atoms with Gasteiger partial charge in [-0.25, -0.2) is 9.59 Å². The molecular weight excluding hydrogens is 416 g/mol. The van der Waals surface area contributed by atoms with Gasteiger partial charge in [-0.1, -0.05) is 72.8 Å². The molecule has 0 atom stereocenters. The number of thiophene rings is 2. The van der Waals surface area contributed by atoms with Crippen LogP contribution < -0.4 is 0 Å². The molecule has 2 aromatic carbocycles. The minimum atomic E-state index is -0.510.